The van der Waals surface area contributed by atoms with Crippen molar-refractivity contribution in [2.45, 2.75) is 24.2 Å². The van der Waals surface area contributed by atoms with Gasteiger partial charge in [0.1, 0.15) is 17.8 Å². The molecule has 100 valence electrons. The highest BCUT2D eigenvalue weighted by Gasteiger charge is 2.55. The van der Waals surface area contributed by atoms with Gasteiger partial charge in [-0.2, -0.15) is 0 Å². The van der Waals surface area contributed by atoms with Crippen LogP contribution in [0, 0.1) is 12.3 Å². The molecule has 2 heteroatoms. The molecule has 0 spiro atoms. The highest BCUT2D eigenvalue weighted by Crippen LogP contribution is 2.50. The summed E-state index contributed by atoms with van der Waals surface area (Å²) in [6.07, 6.45) is 5.30. The molecular formula is C18H16O2. The highest BCUT2D eigenvalue weighted by molar-refractivity contribution is 5.32. The summed E-state index contributed by atoms with van der Waals surface area (Å²) in [5.74, 6) is 2.57. The van der Waals surface area contributed by atoms with Crippen LogP contribution < -0.4 is 0 Å². The number of terminal acetylenes is 1. The van der Waals surface area contributed by atoms with Crippen LogP contribution in [-0.2, 0) is 10.3 Å². The Labute approximate surface area is 119 Å². The summed E-state index contributed by atoms with van der Waals surface area (Å²) in [6.45, 7) is 0. The standard InChI is InChI=1S/C18H16O2/c1-2-13-18(19,15-11-7-4-8-12-15)17-16(20-17)14-9-5-3-6-10-14/h1,3-12,16-17,19H,13H2/t16-,17+,18+/m0/s1. The van der Waals surface area contributed by atoms with Gasteiger partial charge >= 0.3 is 0 Å². The van der Waals surface area contributed by atoms with E-state index in [9.17, 15) is 5.11 Å². The van der Waals surface area contributed by atoms with E-state index in [0.29, 0.717) is 0 Å². The lowest BCUT2D eigenvalue weighted by Gasteiger charge is -2.25. The fourth-order valence-corrected chi connectivity index (χ4v) is 2.62. The third kappa shape index (κ3) is 2.22. The van der Waals surface area contributed by atoms with Gasteiger partial charge in [-0.25, -0.2) is 0 Å². The van der Waals surface area contributed by atoms with Crippen LogP contribution in [-0.4, -0.2) is 11.2 Å². The molecular weight excluding hydrogens is 248 g/mol. The van der Waals surface area contributed by atoms with E-state index in [1.807, 2.05) is 60.7 Å². The van der Waals surface area contributed by atoms with Gasteiger partial charge < -0.3 is 9.84 Å². The summed E-state index contributed by atoms with van der Waals surface area (Å²) in [6, 6.07) is 19.4. The Morgan fingerprint density at radius 2 is 1.65 bits per heavy atom. The Morgan fingerprint density at radius 3 is 2.25 bits per heavy atom. The zero-order valence-corrected chi connectivity index (χ0v) is 11.1. The van der Waals surface area contributed by atoms with Crippen molar-refractivity contribution >= 4 is 0 Å². The molecule has 0 aliphatic carbocycles. The summed E-state index contributed by atoms with van der Waals surface area (Å²) in [7, 11) is 0. The topological polar surface area (TPSA) is 32.8 Å². The molecule has 20 heavy (non-hydrogen) atoms. The minimum atomic E-state index is -1.13. The second-order valence-corrected chi connectivity index (χ2v) is 5.06. The Kier molecular flexibility index (Phi) is 3.31. The predicted octanol–water partition coefficient (Wildman–Crippen LogP) is 3.04. The Balaban J connectivity index is 1.89. The predicted molar refractivity (Wildman–Crippen MR) is 77.8 cm³/mol. The van der Waals surface area contributed by atoms with E-state index in [2.05, 4.69) is 5.92 Å². The van der Waals surface area contributed by atoms with E-state index in [0.717, 1.165) is 11.1 Å². The first-order valence-corrected chi connectivity index (χ1v) is 6.67. The molecule has 0 bridgehead atoms. The minimum absolute atomic E-state index is 0.0882. The fourth-order valence-electron chi connectivity index (χ4n) is 2.62. The summed E-state index contributed by atoms with van der Waals surface area (Å²) >= 11 is 0. The van der Waals surface area contributed by atoms with E-state index < -0.39 is 5.60 Å². The van der Waals surface area contributed by atoms with Crippen molar-refractivity contribution in [3.8, 4) is 12.3 Å². The second-order valence-electron chi connectivity index (χ2n) is 5.06. The van der Waals surface area contributed by atoms with Crippen LogP contribution in [0.3, 0.4) is 0 Å². The molecule has 0 radical (unpaired) electrons. The van der Waals surface area contributed by atoms with Gasteiger partial charge in [-0.3, -0.25) is 0 Å². The number of aliphatic hydroxyl groups is 1. The van der Waals surface area contributed by atoms with Crippen LogP contribution in [0.15, 0.2) is 60.7 Å². The van der Waals surface area contributed by atoms with E-state index in [-0.39, 0.29) is 18.6 Å². The van der Waals surface area contributed by atoms with Gasteiger partial charge in [0.25, 0.3) is 0 Å². The van der Waals surface area contributed by atoms with Crippen LogP contribution in [0.5, 0.6) is 0 Å². The van der Waals surface area contributed by atoms with Gasteiger partial charge in [-0.05, 0) is 11.1 Å². The summed E-state index contributed by atoms with van der Waals surface area (Å²) < 4.78 is 5.73. The van der Waals surface area contributed by atoms with Crippen molar-refractivity contribution in [3.05, 3.63) is 71.8 Å². The monoisotopic (exact) mass is 264 g/mol. The number of epoxide rings is 1. The maximum atomic E-state index is 11.0. The quantitative estimate of drug-likeness (QED) is 0.680. The normalized spacial score (nSPS) is 23.6. The van der Waals surface area contributed by atoms with Crippen molar-refractivity contribution in [1.82, 2.24) is 0 Å². The molecule has 0 amide bonds. The molecule has 1 aliphatic rings. The Morgan fingerprint density at radius 1 is 1.05 bits per heavy atom. The first-order chi connectivity index (χ1) is 9.75. The first kappa shape index (κ1) is 12.9. The highest BCUT2D eigenvalue weighted by atomic mass is 16.6. The summed E-state index contributed by atoms with van der Waals surface area (Å²) in [5.41, 5.74) is 0.751. The van der Waals surface area contributed by atoms with Crippen molar-refractivity contribution < 1.29 is 9.84 Å². The smallest absolute Gasteiger partial charge is 0.129 e. The van der Waals surface area contributed by atoms with Crippen LogP contribution >= 0.6 is 0 Å². The van der Waals surface area contributed by atoms with Crippen LogP contribution in [0.25, 0.3) is 0 Å². The van der Waals surface area contributed by atoms with Crippen LogP contribution in [0.2, 0.25) is 0 Å². The number of hydrogen-bond acceptors (Lipinski definition) is 2. The largest absolute Gasteiger partial charge is 0.381 e. The lowest BCUT2D eigenvalue weighted by atomic mass is 9.85. The van der Waals surface area contributed by atoms with Gasteiger partial charge in [0, 0.05) is 6.42 Å². The number of rotatable bonds is 4. The van der Waals surface area contributed by atoms with Crippen molar-refractivity contribution in [2.75, 3.05) is 0 Å². The van der Waals surface area contributed by atoms with Gasteiger partial charge in [-0.15, -0.1) is 12.3 Å². The third-order valence-corrected chi connectivity index (χ3v) is 3.74. The second kappa shape index (κ2) is 5.13. The fraction of sp³-hybridized carbons (Fsp3) is 0.222. The van der Waals surface area contributed by atoms with Gasteiger partial charge in [-0.1, -0.05) is 60.7 Å². The van der Waals surface area contributed by atoms with Crippen LogP contribution in [0.1, 0.15) is 23.7 Å². The average molecular weight is 264 g/mol. The lowest BCUT2D eigenvalue weighted by Crippen LogP contribution is -2.32. The van der Waals surface area contributed by atoms with Crippen molar-refractivity contribution in [3.63, 3.8) is 0 Å². The average Bonchev–Trinajstić information content (AvgIpc) is 3.30. The van der Waals surface area contributed by atoms with Crippen molar-refractivity contribution in [1.29, 1.82) is 0 Å². The number of ether oxygens (including phenoxy) is 1. The molecule has 3 rings (SSSR count). The molecule has 3 atom stereocenters. The van der Waals surface area contributed by atoms with Gasteiger partial charge in [0.15, 0.2) is 0 Å². The number of benzene rings is 2. The van der Waals surface area contributed by atoms with Crippen LogP contribution in [0.4, 0.5) is 0 Å². The summed E-state index contributed by atoms with van der Waals surface area (Å²) in [4.78, 5) is 0. The molecule has 0 saturated carbocycles. The van der Waals surface area contributed by atoms with Crippen molar-refractivity contribution in [2.24, 2.45) is 0 Å². The molecule has 1 saturated heterocycles. The van der Waals surface area contributed by atoms with E-state index in [4.69, 9.17) is 11.2 Å². The maximum absolute atomic E-state index is 11.0. The molecule has 2 nitrogen and oxygen atoms in total. The maximum Gasteiger partial charge on any atom is 0.129 e. The SMILES string of the molecule is C#CC[C@@](O)(c1ccccc1)[C@@H]1O[C@H]1c1ccccc1. The zero-order chi connectivity index (χ0) is 14.0. The molecule has 0 aromatic heterocycles. The molecule has 1 aliphatic heterocycles. The summed E-state index contributed by atoms with van der Waals surface area (Å²) in [5, 5.41) is 11.0. The Bertz CT molecular complexity index is 615. The Hall–Kier alpha value is -2.08. The molecule has 2 aromatic rings. The van der Waals surface area contributed by atoms with Gasteiger partial charge in [0.2, 0.25) is 0 Å². The van der Waals surface area contributed by atoms with E-state index >= 15 is 0 Å². The molecule has 1 heterocycles. The minimum Gasteiger partial charge on any atom is -0.381 e. The van der Waals surface area contributed by atoms with E-state index in [1.165, 1.54) is 0 Å². The first-order valence-electron chi connectivity index (χ1n) is 6.67. The van der Waals surface area contributed by atoms with Gasteiger partial charge in [0.05, 0.1) is 0 Å². The molecule has 1 fully saturated rings. The lowest BCUT2D eigenvalue weighted by molar-refractivity contribution is 0.0119. The molecule has 1 N–H and O–H groups in total. The van der Waals surface area contributed by atoms with E-state index in [1.54, 1.807) is 0 Å². The number of hydrogen-bond donors (Lipinski definition) is 1. The molecule has 2 aromatic carbocycles. The zero-order valence-electron chi connectivity index (χ0n) is 11.1. The third-order valence-electron chi connectivity index (χ3n) is 3.74. The molecule has 0 unspecified atom stereocenters.